The van der Waals surface area contributed by atoms with E-state index in [1.54, 1.807) is 30.3 Å². The molecular formula is C12H9NO4S2. The summed E-state index contributed by atoms with van der Waals surface area (Å²) in [5, 5.41) is 10.9. The van der Waals surface area contributed by atoms with E-state index in [2.05, 4.69) is 0 Å². The number of nitro groups is 1. The zero-order valence-corrected chi connectivity index (χ0v) is 11.2. The van der Waals surface area contributed by atoms with Crippen molar-refractivity contribution in [2.24, 2.45) is 0 Å². The number of nitrogens with zero attached hydrogens (tertiary/aromatic N) is 1. The number of rotatable bonds is 4. The SMILES string of the molecule is O=[N+]([O-])c1ccccc1S(=O)(=O)Sc1ccccc1. The molecule has 0 aliphatic heterocycles. The second kappa shape index (κ2) is 5.41. The molecule has 19 heavy (non-hydrogen) atoms. The lowest BCUT2D eigenvalue weighted by molar-refractivity contribution is -0.387. The zero-order chi connectivity index (χ0) is 13.9. The molecule has 0 heterocycles. The fourth-order valence-corrected chi connectivity index (χ4v) is 4.51. The van der Waals surface area contributed by atoms with Gasteiger partial charge in [0.05, 0.1) is 4.92 Å². The number of para-hydroxylation sites is 1. The van der Waals surface area contributed by atoms with Crippen LogP contribution in [0.15, 0.2) is 64.4 Å². The predicted molar refractivity (Wildman–Crippen MR) is 72.6 cm³/mol. The Bertz CT molecular complexity index is 699. The van der Waals surface area contributed by atoms with Gasteiger partial charge in [-0.05, 0) is 18.2 Å². The van der Waals surface area contributed by atoms with Gasteiger partial charge in [-0.25, -0.2) is 8.42 Å². The van der Waals surface area contributed by atoms with Crippen molar-refractivity contribution in [3.8, 4) is 0 Å². The number of nitro benzene ring substituents is 1. The van der Waals surface area contributed by atoms with E-state index in [9.17, 15) is 18.5 Å². The van der Waals surface area contributed by atoms with Crippen molar-refractivity contribution in [2.75, 3.05) is 0 Å². The Kier molecular flexibility index (Phi) is 3.87. The molecule has 0 N–H and O–H groups in total. The maximum atomic E-state index is 12.2. The summed E-state index contributed by atoms with van der Waals surface area (Å²) in [5.74, 6) is 0. The van der Waals surface area contributed by atoms with Crippen LogP contribution in [0.25, 0.3) is 0 Å². The Balaban J connectivity index is 2.43. The highest BCUT2D eigenvalue weighted by Crippen LogP contribution is 2.35. The number of hydrogen-bond donors (Lipinski definition) is 0. The summed E-state index contributed by atoms with van der Waals surface area (Å²) in [4.78, 5) is 10.4. The van der Waals surface area contributed by atoms with Gasteiger partial charge in [0.25, 0.3) is 5.69 Å². The first-order valence-electron chi connectivity index (χ1n) is 5.24. The first-order valence-corrected chi connectivity index (χ1v) is 8.05. The first kappa shape index (κ1) is 13.6. The lowest BCUT2D eigenvalue weighted by Gasteiger charge is -2.04. The molecule has 0 bridgehead atoms. The molecule has 98 valence electrons. The molecule has 0 saturated heterocycles. The van der Waals surface area contributed by atoms with Gasteiger partial charge in [0.2, 0.25) is 8.87 Å². The van der Waals surface area contributed by atoms with Crippen LogP contribution in [0.4, 0.5) is 5.69 Å². The fourth-order valence-electron chi connectivity index (χ4n) is 1.47. The molecule has 5 nitrogen and oxygen atoms in total. The van der Waals surface area contributed by atoms with Crippen molar-refractivity contribution in [3.05, 3.63) is 64.7 Å². The third-order valence-electron chi connectivity index (χ3n) is 2.28. The number of hydrogen-bond acceptors (Lipinski definition) is 5. The van der Waals surface area contributed by atoms with Gasteiger partial charge in [-0.1, -0.05) is 30.3 Å². The molecule has 0 radical (unpaired) electrons. The Morgan fingerprint density at radius 1 is 0.947 bits per heavy atom. The molecule has 0 atom stereocenters. The van der Waals surface area contributed by atoms with Crippen LogP contribution in [0.2, 0.25) is 0 Å². The average molecular weight is 295 g/mol. The van der Waals surface area contributed by atoms with Crippen molar-refractivity contribution in [1.29, 1.82) is 0 Å². The Morgan fingerprint density at radius 2 is 1.53 bits per heavy atom. The summed E-state index contributed by atoms with van der Waals surface area (Å²) in [6.07, 6.45) is 0. The topological polar surface area (TPSA) is 77.3 Å². The van der Waals surface area contributed by atoms with E-state index in [0.717, 1.165) is 0 Å². The van der Waals surface area contributed by atoms with Crippen LogP contribution in [0.3, 0.4) is 0 Å². The highest BCUT2D eigenvalue weighted by molar-refractivity contribution is 8.72. The van der Waals surface area contributed by atoms with Gasteiger partial charge in [-0.3, -0.25) is 10.1 Å². The molecule has 2 aromatic rings. The maximum absolute atomic E-state index is 12.2. The minimum Gasteiger partial charge on any atom is -0.258 e. The number of benzene rings is 2. The zero-order valence-electron chi connectivity index (χ0n) is 9.59. The van der Waals surface area contributed by atoms with E-state index >= 15 is 0 Å². The molecule has 0 spiro atoms. The van der Waals surface area contributed by atoms with E-state index in [0.29, 0.717) is 15.7 Å². The Morgan fingerprint density at radius 3 is 2.16 bits per heavy atom. The minimum atomic E-state index is -3.81. The van der Waals surface area contributed by atoms with Crippen molar-refractivity contribution in [3.63, 3.8) is 0 Å². The van der Waals surface area contributed by atoms with Gasteiger partial charge in [0, 0.05) is 21.8 Å². The van der Waals surface area contributed by atoms with Crippen LogP contribution in [0, 0.1) is 10.1 Å². The molecule has 2 rings (SSSR count). The van der Waals surface area contributed by atoms with Gasteiger partial charge in [0.1, 0.15) is 0 Å². The first-order chi connectivity index (χ1) is 9.00. The molecule has 0 fully saturated rings. The second-order valence-corrected chi connectivity index (χ2v) is 7.38. The molecule has 0 unspecified atom stereocenters. The lowest BCUT2D eigenvalue weighted by atomic mass is 10.3. The fraction of sp³-hybridized carbons (Fsp3) is 0. The second-order valence-electron chi connectivity index (χ2n) is 3.58. The third-order valence-corrected chi connectivity index (χ3v) is 5.62. The van der Waals surface area contributed by atoms with E-state index in [1.165, 1.54) is 24.3 Å². The smallest absolute Gasteiger partial charge is 0.258 e. The standard InChI is InChI=1S/C12H9NO4S2/c14-13(15)11-8-4-5-9-12(11)19(16,17)18-10-6-2-1-3-7-10/h1-9H. The molecule has 0 aliphatic rings. The highest BCUT2D eigenvalue weighted by atomic mass is 33.1. The lowest BCUT2D eigenvalue weighted by Crippen LogP contribution is -2.00. The van der Waals surface area contributed by atoms with Crippen LogP contribution >= 0.6 is 10.8 Å². The Labute approximate surface area is 113 Å². The maximum Gasteiger partial charge on any atom is 0.288 e. The van der Waals surface area contributed by atoms with E-state index in [4.69, 9.17) is 0 Å². The van der Waals surface area contributed by atoms with Crippen LogP contribution in [0.5, 0.6) is 0 Å². The van der Waals surface area contributed by atoms with Crippen molar-refractivity contribution < 1.29 is 13.3 Å². The molecule has 0 saturated carbocycles. The monoisotopic (exact) mass is 295 g/mol. The highest BCUT2D eigenvalue weighted by Gasteiger charge is 2.26. The molecule has 0 aliphatic carbocycles. The average Bonchev–Trinajstić information content (AvgIpc) is 2.39. The van der Waals surface area contributed by atoms with Gasteiger partial charge < -0.3 is 0 Å². The van der Waals surface area contributed by atoms with Crippen LogP contribution < -0.4 is 0 Å². The van der Waals surface area contributed by atoms with E-state index in [1.807, 2.05) is 0 Å². The van der Waals surface area contributed by atoms with Gasteiger partial charge in [-0.15, -0.1) is 0 Å². The summed E-state index contributed by atoms with van der Waals surface area (Å²) in [6, 6.07) is 13.8. The van der Waals surface area contributed by atoms with Gasteiger partial charge >= 0.3 is 0 Å². The summed E-state index contributed by atoms with van der Waals surface area (Å²) >= 11 is 0. The summed E-state index contributed by atoms with van der Waals surface area (Å²) < 4.78 is 24.4. The van der Waals surface area contributed by atoms with Crippen molar-refractivity contribution in [1.82, 2.24) is 0 Å². The molecule has 0 aromatic heterocycles. The van der Waals surface area contributed by atoms with Crippen LogP contribution in [0.1, 0.15) is 0 Å². The van der Waals surface area contributed by atoms with Gasteiger partial charge in [-0.2, -0.15) is 0 Å². The largest absolute Gasteiger partial charge is 0.288 e. The molecule has 0 amide bonds. The van der Waals surface area contributed by atoms with Crippen molar-refractivity contribution in [2.45, 2.75) is 9.79 Å². The molecule has 7 heteroatoms. The summed E-state index contributed by atoms with van der Waals surface area (Å²) in [6.45, 7) is 0. The normalized spacial score (nSPS) is 11.2. The van der Waals surface area contributed by atoms with Crippen molar-refractivity contribution >= 4 is 25.4 Å². The predicted octanol–water partition coefficient (Wildman–Crippen LogP) is 3.08. The Hall–Kier alpha value is -1.86. The van der Waals surface area contributed by atoms with Crippen LogP contribution in [-0.2, 0) is 8.87 Å². The minimum absolute atomic E-state index is 0.283. The molecular weight excluding hydrogens is 286 g/mol. The summed E-state index contributed by atoms with van der Waals surface area (Å²) in [7, 11) is -3.22. The summed E-state index contributed by atoms with van der Waals surface area (Å²) in [5.41, 5.74) is -0.411. The quantitative estimate of drug-likeness (QED) is 0.492. The van der Waals surface area contributed by atoms with Crippen LogP contribution in [-0.4, -0.2) is 13.3 Å². The third kappa shape index (κ3) is 3.12. The van der Waals surface area contributed by atoms with E-state index < -0.39 is 19.5 Å². The molecule has 2 aromatic carbocycles. The van der Waals surface area contributed by atoms with Gasteiger partial charge in [0.15, 0.2) is 4.90 Å². The van der Waals surface area contributed by atoms with E-state index in [-0.39, 0.29) is 4.90 Å².